The van der Waals surface area contributed by atoms with Crippen molar-refractivity contribution >= 4 is 28.2 Å². The van der Waals surface area contributed by atoms with E-state index in [1.807, 2.05) is 33.8 Å². The van der Waals surface area contributed by atoms with Gasteiger partial charge in [-0.1, -0.05) is 34.6 Å². The van der Waals surface area contributed by atoms with Crippen LogP contribution in [0.1, 0.15) is 62.7 Å². The standard InChI is InChI=1S/C16H26N2O2S/c1-7-11(8-2)17-14(19)13-10(3)9-12(21-13)18-15(20)16(4,5)6/h9,11H,7-8H2,1-6H3,(H,17,19)(H,18,20). The Bertz CT molecular complexity index is 511. The van der Waals surface area contributed by atoms with Crippen LogP contribution in [-0.2, 0) is 4.79 Å². The summed E-state index contributed by atoms with van der Waals surface area (Å²) in [5, 5.41) is 6.63. The van der Waals surface area contributed by atoms with Crippen LogP contribution >= 0.6 is 11.3 Å². The van der Waals surface area contributed by atoms with Gasteiger partial charge in [-0.2, -0.15) is 0 Å². The van der Waals surface area contributed by atoms with Crippen LogP contribution in [0, 0.1) is 12.3 Å². The van der Waals surface area contributed by atoms with Crippen LogP contribution in [0.5, 0.6) is 0 Å². The van der Waals surface area contributed by atoms with Gasteiger partial charge >= 0.3 is 0 Å². The van der Waals surface area contributed by atoms with E-state index in [0.717, 1.165) is 23.4 Å². The molecule has 0 saturated carbocycles. The van der Waals surface area contributed by atoms with E-state index in [9.17, 15) is 9.59 Å². The molecule has 0 bridgehead atoms. The smallest absolute Gasteiger partial charge is 0.261 e. The Morgan fingerprint density at radius 2 is 1.81 bits per heavy atom. The van der Waals surface area contributed by atoms with Crippen LogP contribution in [0.4, 0.5) is 5.00 Å². The first-order valence-corrected chi connectivity index (χ1v) is 8.23. The van der Waals surface area contributed by atoms with Crippen LogP contribution in [-0.4, -0.2) is 17.9 Å². The number of nitrogens with one attached hydrogen (secondary N) is 2. The largest absolute Gasteiger partial charge is 0.349 e. The molecule has 118 valence electrons. The molecule has 0 radical (unpaired) electrons. The third-order valence-corrected chi connectivity index (χ3v) is 4.51. The zero-order valence-electron chi connectivity index (χ0n) is 13.8. The molecule has 0 spiro atoms. The van der Waals surface area contributed by atoms with Crippen molar-refractivity contribution in [3.8, 4) is 0 Å². The van der Waals surface area contributed by atoms with Crippen LogP contribution in [0.3, 0.4) is 0 Å². The van der Waals surface area contributed by atoms with E-state index in [-0.39, 0.29) is 17.9 Å². The summed E-state index contributed by atoms with van der Waals surface area (Å²) in [4.78, 5) is 24.9. The second-order valence-electron chi connectivity index (χ2n) is 6.31. The predicted molar refractivity (Wildman–Crippen MR) is 89.0 cm³/mol. The van der Waals surface area contributed by atoms with Gasteiger partial charge in [-0.15, -0.1) is 11.3 Å². The minimum absolute atomic E-state index is 0.0456. The first-order valence-electron chi connectivity index (χ1n) is 7.41. The van der Waals surface area contributed by atoms with Crippen molar-refractivity contribution in [1.82, 2.24) is 5.32 Å². The normalized spacial score (nSPS) is 11.6. The maximum Gasteiger partial charge on any atom is 0.261 e. The molecule has 0 atom stereocenters. The fourth-order valence-electron chi connectivity index (χ4n) is 1.81. The highest BCUT2D eigenvalue weighted by Crippen LogP contribution is 2.28. The summed E-state index contributed by atoms with van der Waals surface area (Å²) < 4.78 is 0. The van der Waals surface area contributed by atoms with Gasteiger partial charge in [0, 0.05) is 11.5 Å². The average molecular weight is 310 g/mol. The molecule has 0 aromatic carbocycles. The van der Waals surface area contributed by atoms with E-state index in [2.05, 4.69) is 24.5 Å². The molecule has 0 aliphatic carbocycles. The lowest BCUT2D eigenvalue weighted by molar-refractivity contribution is -0.123. The number of amides is 2. The van der Waals surface area contributed by atoms with E-state index in [1.165, 1.54) is 11.3 Å². The Hall–Kier alpha value is -1.36. The van der Waals surface area contributed by atoms with Gasteiger partial charge in [-0.05, 0) is 31.4 Å². The van der Waals surface area contributed by atoms with Gasteiger partial charge in [0.25, 0.3) is 5.91 Å². The number of aryl methyl sites for hydroxylation is 1. The maximum atomic E-state index is 12.3. The molecule has 0 aliphatic heterocycles. The third kappa shape index (κ3) is 4.84. The molecule has 0 fully saturated rings. The maximum absolute atomic E-state index is 12.3. The molecule has 0 aliphatic rings. The van der Waals surface area contributed by atoms with Gasteiger partial charge in [0.2, 0.25) is 5.91 Å². The Morgan fingerprint density at radius 3 is 2.29 bits per heavy atom. The van der Waals surface area contributed by atoms with E-state index < -0.39 is 5.41 Å². The molecule has 0 saturated heterocycles. The lowest BCUT2D eigenvalue weighted by atomic mass is 9.96. The Balaban J connectivity index is 2.83. The molecule has 4 nitrogen and oxygen atoms in total. The molecule has 0 unspecified atom stereocenters. The van der Waals surface area contributed by atoms with Crippen molar-refractivity contribution in [2.24, 2.45) is 5.41 Å². The fraction of sp³-hybridized carbons (Fsp3) is 0.625. The molecular formula is C16H26N2O2S. The number of hydrogen-bond donors (Lipinski definition) is 2. The summed E-state index contributed by atoms with van der Waals surface area (Å²) in [5.74, 6) is -0.0989. The highest BCUT2D eigenvalue weighted by atomic mass is 32.1. The number of carbonyl (C=O) groups excluding carboxylic acids is 2. The van der Waals surface area contributed by atoms with Crippen molar-refractivity contribution in [2.75, 3.05) is 5.32 Å². The minimum Gasteiger partial charge on any atom is -0.349 e. The summed E-state index contributed by atoms with van der Waals surface area (Å²) in [6.45, 7) is 11.6. The highest BCUT2D eigenvalue weighted by Gasteiger charge is 2.23. The fourth-order valence-corrected chi connectivity index (χ4v) is 2.78. The van der Waals surface area contributed by atoms with E-state index in [4.69, 9.17) is 0 Å². The van der Waals surface area contributed by atoms with Crippen molar-refractivity contribution in [1.29, 1.82) is 0 Å². The van der Waals surface area contributed by atoms with Gasteiger partial charge in [0.05, 0.1) is 9.88 Å². The zero-order chi connectivity index (χ0) is 16.2. The van der Waals surface area contributed by atoms with Gasteiger partial charge < -0.3 is 10.6 Å². The van der Waals surface area contributed by atoms with Crippen LogP contribution in [0.2, 0.25) is 0 Å². The summed E-state index contributed by atoms with van der Waals surface area (Å²) in [6, 6.07) is 2.06. The van der Waals surface area contributed by atoms with Crippen molar-refractivity contribution < 1.29 is 9.59 Å². The quantitative estimate of drug-likeness (QED) is 0.865. The molecule has 1 heterocycles. The Morgan fingerprint density at radius 1 is 1.24 bits per heavy atom. The minimum atomic E-state index is -0.449. The van der Waals surface area contributed by atoms with Gasteiger partial charge in [-0.3, -0.25) is 9.59 Å². The average Bonchev–Trinajstić information content (AvgIpc) is 2.75. The number of rotatable bonds is 5. The molecule has 21 heavy (non-hydrogen) atoms. The van der Waals surface area contributed by atoms with E-state index in [0.29, 0.717) is 4.88 Å². The topological polar surface area (TPSA) is 58.2 Å². The van der Waals surface area contributed by atoms with Crippen molar-refractivity contribution in [3.05, 3.63) is 16.5 Å². The molecule has 1 aromatic rings. The van der Waals surface area contributed by atoms with Gasteiger partial charge in [0.15, 0.2) is 0 Å². The first-order chi connectivity index (χ1) is 9.68. The lowest BCUT2D eigenvalue weighted by Gasteiger charge is -2.16. The second kappa shape index (κ2) is 7.07. The summed E-state index contributed by atoms with van der Waals surface area (Å²) in [7, 11) is 0. The predicted octanol–water partition coefficient (Wildman–Crippen LogP) is 3.96. The molecule has 1 aromatic heterocycles. The Kier molecular flexibility index (Phi) is 5.96. The van der Waals surface area contributed by atoms with Crippen LogP contribution < -0.4 is 10.6 Å². The van der Waals surface area contributed by atoms with Crippen LogP contribution in [0.25, 0.3) is 0 Å². The van der Waals surface area contributed by atoms with Crippen LogP contribution in [0.15, 0.2) is 6.07 Å². The van der Waals surface area contributed by atoms with Crippen molar-refractivity contribution in [3.63, 3.8) is 0 Å². The lowest BCUT2D eigenvalue weighted by Crippen LogP contribution is -2.33. The van der Waals surface area contributed by atoms with E-state index >= 15 is 0 Å². The Labute approximate surface area is 131 Å². The van der Waals surface area contributed by atoms with Crippen molar-refractivity contribution in [2.45, 2.75) is 60.4 Å². The summed E-state index contributed by atoms with van der Waals surface area (Å²) in [5.41, 5.74) is 0.447. The number of anilines is 1. The highest BCUT2D eigenvalue weighted by molar-refractivity contribution is 7.18. The molecule has 5 heteroatoms. The number of hydrogen-bond acceptors (Lipinski definition) is 3. The number of carbonyl (C=O) groups is 2. The third-order valence-electron chi connectivity index (χ3n) is 3.36. The summed E-state index contributed by atoms with van der Waals surface area (Å²) in [6.07, 6.45) is 1.83. The first kappa shape index (κ1) is 17.7. The summed E-state index contributed by atoms with van der Waals surface area (Å²) >= 11 is 1.33. The molecular weight excluding hydrogens is 284 g/mol. The molecule has 2 N–H and O–H groups in total. The van der Waals surface area contributed by atoms with E-state index in [1.54, 1.807) is 0 Å². The molecule has 2 amide bonds. The SMILES string of the molecule is CCC(CC)NC(=O)c1sc(NC(=O)C(C)(C)C)cc1C. The monoisotopic (exact) mass is 310 g/mol. The molecule has 1 rings (SSSR count). The number of thiophene rings is 1. The second-order valence-corrected chi connectivity index (χ2v) is 7.37. The zero-order valence-corrected chi connectivity index (χ0v) is 14.6. The van der Waals surface area contributed by atoms with Gasteiger partial charge in [-0.25, -0.2) is 0 Å². The van der Waals surface area contributed by atoms with Gasteiger partial charge in [0.1, 0.15) is 0 Å².